The molecule has 0 bridgehead atoms. The van der Waals surface area contributed by atoms with Gasteiger partial charge in [0.2, 0.25) is 0 Å². The third kappa shape index (κ3) is 2.56. The number of hydrogen-bond acceptors (Lipinski definition) is 4. The highest BCUT2D eigenvalue weighted by molar-refractivity contribution is 5.84. The summed E-state index contributed by atoms with van der Waals surface area (Å²) in [6.07, 6.45) is 3.48. The molecule has 5 heteroatoms. The first kappa shape index (κ1) is 11.7. The molecule has 3 aromatic rings. The average Bonchev–Trinajstić information content (AvgIpc) is 3.04. The molecule has 0 aliphatic carbocycles. The molecule has 96 valence electrons. The zero-order valence-corrected chi connectivity index (χ0v) is 10.5. The van der Waals surface area contributed by atoms with Gasteiger partial charge in [0.25, 0.3) is 0 Å². The summed E-state index contributed by atoms with van der Waals surface area (Å²) in [5, 5.41) is 7.96. The van der Waals surface area contributed by atoms with Gasteiger partial charge in [-0.05, 0) is 30.3 Å². The second kappa shape index (κ2) is 5.07. The summed E-state index contributed by atoms with van der Waals surface area (Å²) in [6, 6.07) is 9.60. The van der Waals surface area contributed by atoms with Gasteiger partial charge in [0.15, 0.2) is 0 Å². The number of aliphatic imine (C=N–C) groups is 1. The predicted molar refractivity (Wildman–Crippen MR) is 72.8 cm³/mol. The molecule has 0 aliphatic heterocycles. The summed E-state index contributed by atoms with van der Waals surface area (Å²) in [5.74, 6) is 1.49. The molecule has 0 atom stereocenters. The van der Waals surface area contributed by atoms with Crippen LogP contribution in [0.2, 0.25) is 0 Å². The van der Waals surface area contributed by atoms with E-state index in [4.69, 9.17) is 9.15 Å². The van der Waals surface area contributed by atoms with Crippen LogP contribution in [-0.2, 0) is 11.3 Å². The second-order valence-corrected chi connectivity index (χ2v) is 4.14. The van der Waals surface area contributed by atoms with Crippen LogP contribution in [0, 0.1) is 0 Å². The molecule has 19 heavy (non-hydrogen) atoms. The van der Waals surface area contributed by atoms with Crippen molar-refractivity contribution in [1.29, 1.82) is 0 Å². The van der Waals surface area contributed by atoms with Crippen molar-refractivity contribution < 1.29 is 9.15 Å². The van der Waals surface area contributed by atoms with E-state index in [1.165, 1.54) is 0 Å². The summed E-state index contributed by atoms with van der Waals surface area (Å²) in [5.41, 5.74) is 1.82. The predicted octanol–water partition coefficient (Wildman–Crippen LogP) is 3.05. The molecule has 0 unspecified atom stereocenters. The van der Waals surface area contributed by atoms with Crippen molar-refractivity contribution in [3.63, 3.8) is 0 Å². The first-order valence-corrected chi connectivity index (χ1v) is 5.90. The summed E-state index contributed by atoms with van der Waals surface area (Å²) in [7, 11) is 1.63. The lowest BCUT2D eigenvalue weighted by Gasteiger charge is -1.94. The Labute approximate surface area is 109 Å². The molecule has 3 rings (SSSR count). The lowest BCUT2D eigenvalue weighted by atomic mass is 10.2. The highest BCUT2D eigenvalue weighted by atomic mass is 16.5. The van der Waals surface area contributed by atoms with E-state index in [1.807, 2.05) is 30.3 Å². The van der Waals surface area contributed by atoms with Crippen molar-refractivity contribution in [2.45, 2.75) is 6.61 Å². The van der Waals surface area contributed by atoms with Crippen LogP contribution in [0.15, 0.2) is 45.9 Å². The topological polar surface area (TPSA) is 63.4 Å². The number of H-pyrrole nitrogens is 1. The third-order valence-corrected chi connectivity index (χ3v) is 2.74. The summed E-state index contributed by atoms with van der Waals surface area (Å²) < 4.78 is 10.5. The second-order valence-electron chi connectivity index (χ2n) is 4.14. The fourth-order valence-corrected chi connectivity index (χ4v) is 1.83. The monoisotopic (exact) mass is 255 g/mol. The number of nitrogens with zero attached hydrogens (tertiary/aromatic N) is 2. The van der Waals surface area contributed by atoms with Crippen LogP contribution in [-0.4, -0.2) is 23.5 Å². The van der Waals surface area contributed by atoms with Crippen molar-refractivity contribution in [3.05, 3.63) is 48.0 Å². The number of aromatic nitrogens is 2. The molecule has 0 saturated heterocycles. The Kier molecular flexibility index (Phi) is 3.12. The Hall–Kier alpha value is -2.40. The lowest BCUT2D eigenvalue weighted by molar-refractivity contribution is 0.164. The van der Waals surface area contributed by atoms with Crippen molar-refractivity contribution in [3.8, 4) is 0 Å². The first-order valence-electron chi connectivity index (χ1n) is 5.90. The summed E-state index contributed by atoms with van der Waals surface area (Å²) >= 11 is 0. The van der Waals surface area contributed by atoms with Crippen LogP contribution in [0.25, 0.3) is 10.9 Å². The highest BCUT2D eigenvalue weighted by Gasteiger charge is 2.00. The van der Waals surface area contributed by atoms with Gasteiger partial charge >= 0.3 is 0 Å². The zero-order valence-electron chi connectivity index (χ0n) is 10.5. The van der Waals surface area contributed by atoms with E-state index >= 15 is 0 Å². The van der Waals surface area contributed by atoms with Crippen LogP contribution < -0.4 is 0 Å². The molecule has 0 radical (unpaired) electrons. The maximum absolute atomic E-state index is 5.52. The fraction of sp³-hybridized carbons (Fsp3) is 0.143. The van der Waals surface area contributed by atoms with Crippen LogP contribution in [0.5, 0.6) is 0 Å². The SMILES string of the molecule is COCc1ccc(C=Nc2ccc3cn[nH]c3c2)o1. The fourth-order valence-electron chi connectivity index (χ4n) is 1.83. The van der Waals surface area contributed by atoms with E-state index in [-0.39, 0.29) is 0 Å². The Morgan fingerprint density at radius 2 is 2.32 bits per heavy atom. The molecular formula is C14H13N3O2. The van der Waals surface area contributed by atoms with Gasteiger partial charge in [-0.3, -0.25) is 10.1 Å². The van der Waals surface area contributed by atoms with E-state index in [0.29, 0.717) is 12.4 Å². The van der Waals surface area contributed by atoms with Gasteiger partial charge in [-0.15, -0.1) is 0 Å². The maximum Gasteiger partial charge on any atom is 0.145 e. The smallest absolute Gasteiger partial charge is 0.145 e. The first-order chi connectivity index (χ1) is 9.35. The van der Waals surface area contributed by atoms with Crippen LogP contribution in [0.1, 0.15) is 11.5 Å². The molecular weight excluding hydrogens is 242 g/mol. The number of hydrogen-bond donors (Lipinski definition) is 1. The molecule has 0 saturated carbocycles. The molecule has 0 aliphatic rings. The van der Waals surface area contributed by atoms with E-state index in [2.05, 4.69) is 15.2 Å². The summed E-state index contributed by atoms with van der Waals surface area (Å²) in [6.45, 7) is 0.466. The molecule has 0 fully saturated rings. The largest absolute Gasteiger partial charge is 0.458 e. The Morgan fingerprint density at radius 3 is 3.21 bits per heavy atom. The normalized spacial score (nSPS) is 11.6. The Morgan fingerprint density at radius 1 is 1.37 bits per heavy atom. The van der Waals surface area contributed by atoms with Crippen LogP contribution in [0.3, 0.4) is 0 Å². The van der Waals surface area contributed by atoms with Gasteiger partial charge in [-0.25, -0.2) is 0 Å². The van der Waals surface area contributed by atoms with Crippen molar-refractivity contribution in [2.24, 2.45) is 4.99 Å². The van der Waals surface area contributed by atoms with E-state index in [1.54, 1.807) is 19.5 Å². The van der Waals surface area contributed by atoms with Crippen LogP contribution >= 0.6 is 0 Å². The van der Waals surface area contributed by atoms with Gasteiger partial charge in [-0.2, -0.15) is 5.10 Å². The van der Waals surface area contributed by atoms with E-state index in [0.717, 1.165) is 22.4 Å². The molecule has 2 heterocycles. The number of ether oxygens (including phenoxy) is 1. The average molecular weight is 255 g/mol. The molecule has 1 N–H and O–H groups in total. The molecule has 2 aromatic heterocycles. The Bertz CT molecular complexity index is 712. The standard InChI is InChI=1S/C14H13N3O2/c1-18-9-13-5-4-12(19-13)8-15-11-3-2-10-7-16-17-14(10)6-11/h2-8H,9H2,1H3,(H,16,17). The molecule has 5 nitrogen and oxygen atoms in total. The lowest BCUT2D eigenvalue weighted by Crippen LogP contribution is -1.82. The minimum Gasteiger partial charge on any atom is -0.458 e. The minimum atomic E-state index is 0.466. The number of rotatable bonds is 4. The van der Waals surface area contributed by atoms with Gasteiger partial charge < -0.3 is 9.15 Å². The third-order valence-electron chi connectivity index (χ3n) is 2.74. The number of benzene rings is 1. The molecule has 0 amide bonds. The molecule has 0 spiro atoms. The van der Waals surface area contributed by atoms with Gasteiger partial charge in [0, 0.05) is 12.5 Å². The van der Waals surface area contributed by atoms with Crippen molar-refractivity contribution in [2.75, 3.05) is 7.11 Å². The number of methoxy groups -OCH3 is 1. The summed E-state index contributed by atoms with van der Waals surface area (Å²) in [4.78, 5) is 4.37. The number of furan rings is 1. The maximum atomic E-state index is 5.52. The zero-order chi connectivity index (χ0) is 13.1. The van der Waals surface area contributed by atoms with Gasteiger partial charge in [0.1, 0.15) is 18.1 Å². The minimum absolute atomic E-state index is 0.466. The number of nitrogens with one attached hydrogen (secondary N) is 1. The van der Waals surface area contributed by atoms with Crippen molar-refractivity contribution in [1.82, 2.24) is 10.2 Å². The van der Waals surface area contributed by atoms with Crippen molar-refractivity contribution >= 4 is 22.8 Å². The number of fused-ring (bicyclic) bond motifs is 1. The van der Waals surface area contributed by atoms with E-state index in [9.17, 15) is 0 Å². The Balaban J connectivity index is 1.80. The highest BCUT2D eigenvalue weighted by Crippen LogP contribution is 2.19. The quantitative estimate of drug-likeness (QED) is 0.729. The van der Waals surface area contributed by atoms with Gasteiger partial charge in [0.05, 0.1) is 23.6 Å². The van der Waals surface area contributed by atoms with Crippen LogP contribution in [0.4, 0.5) is 5.69 Å². The number of aromatic amines is 1. The van der Waals surface area contributed by atoms with Gasteiger partial charge in [-0.1, -0.05) is 0 Å². The molecule has 1 aromatic carbocycles. The van der Waals surface area contributed by atoms with E-state index < -0.39 is 0 Å².